The lowest BCUT2D eigenvalue weighted by molar-refractivity contribution is 0.0684. The van der Waals surface area contributed by atoms with Crippen molar-refractivity contribution in [3.8, 4) is 0 Å². The number of aromatic nitrogens is 2. The Balaban J connectivity index is 1.39. The van der Waals surface area contributed by atoms with Crippen molar-refractivity contribution in [2.45, 2.75) is 51.7 Å². The number of hydrogen-bond donors (Lipinski definition) is 1. The molecule has 2 aromatic rings. The number of nitrogens with zero attached hydrogens (tertiary/aromatic N) is 4. The summed E-state index contributed by atoms with van der Waals surface area (Å²) < 4.78 is 28.7. The fourth-order valence-corrected chi connectivity index (χ4v) is 4.80. The van der Waals surface area contributed by atoms with E-state index in [2.05, 4.69) is 21.8 Å². The summed E-state index contributed by atoms with van der Waals surface area (Å²) >= 11 is 0. The first-order chi connectivity index (χ1) is 14.4. The third-order valence-electron chi connectivity index (χ3n) is 6.21. The van der Waals surface area contributed by atoms with Gasteiger partial charge in [0.15, 0.2) is 5.69 Å². The van der Waals surface area contributed by atoms with Crippen LogP contribution in [-0.2, 0) is 25.9 Å². The highest BCUT2D eigenvalue weighted by atomic mass is 19.1. The number of aromatic carboxylic acids is 1. The van der Waals surface area contributed by atoms with Crippen LogP contribution in [-0.4, -0.2) is 62.9 Å². The Bertz CT molecular complexity index is 902. The Labute approximate surface area is 175 Å². The zero-order chi connectivity index (χ0) is 21.3. The molecule has 1 fully saturated rings. The molecular formula is C22H28F2N4O2. The second kappa shape index (κ2) is 8.81. The van der Waals surface area contributed by atoms with Crippen LogP contribution < -0.4 is 0 Å². The number of carbonyl (C=O) groups is 1. The molecule has 1 aliphatic heterocycles. The molecule has 162 valence electrons. The van der Waals surface area contributed by atoms with E-state index in [1.807, 2.05) is 4.68 Å². The average Bonchev–Trinajstić information content (AvgIpc) is 3.06. The Morgan fingerprint density at radius 2 is 1.87 bits per heavy atom. The van der Waals surface area contributed by atoms with Gasteiger partial charge in [-0.25, -0.2) is 13.6 Å². The monoisotopic (exact) mass is 418 g/mol. The predicted molar refractivity (Wildman–Crippen MR) is 108 cm³/mol. The van der Waals surface area contributed by atoms with Gasteiger partial charge in [-0.3, -0.25) is 14.5 Å². The summed E-state index contributed by atoms with van der Waals surface area (Å²) in [5.41, 5.74) is 2.83. The second-order valence-corrected chi connectivity index (χ2v) is 8.29. The van der Waals surface area contributed by atoms with Crippen molar-refractivity contribution < 1.29 is 18.7 Å². The molecule has 0 spiro atoms. The van der Waals surface area contributed by atoms with Gasteiger partial charge in [0.2, 0.25) is 0 Å². The Morgan fingerprint density at radius 3 is 2.50 bits per heavy atom. The molecule has 8 heteroatoms. The molecule has 1 saturated heterocycles. The van der Waals surface area contributed by atoms with Gasteiger partial charge in [-0.05, 0) is 43.4 Å². The average molecular weight is 418 g/mol. The molecule has 1 atom stereocenters. The summed E-state index contributed by atoms with van der Waals surface area (Å²) in [5, 5.41) is 13.9. The van der Waals surface area contributed by atoms with Crippen LogP contribution in [0.4, 0.5) is 8.78 Å². The van der Waals surface area contributed by atoms with Crippen LogP contribution in [0, 0.1) is 11.6 Å². The van der Waals surface area contributed by atoms with Crippen molar-refractivity contribution in [3.63, 3.8) is 0 Å². The van der Waals surface area contributed by atoms with Gasteiger partial charge < -0.3 is 5.11 Å². The van der Waals surface area contributed by atoms with Crippen LogP contribution in [0.25, 0.3) is 0 Å². The van der Waals surface area contributed by atoms with Gasteiger partial charge in [-0.15, -0.1) is 0 Å². The molecule has 4 rings (SSSR count). The van der Waals surface area contributed by atoms with Crippen LogP contribution in [0.1, 0.15) is 47.1 Å². The second-order valence-electron chi connectivity index (χ2n) is 8.29. The predicted octanol–water partition coefficient (Wildman–Crippen LogP) is 2.94. The number of piperazine rings is 1. The van der Waals surface area contributed by atoms with Gasteiger partial charge in [0.05, 0.1) is 0 Å². The number of carboxylic acids is 1. The minimum absolute atomic E-state index is 0.204. The van der Waals surface area contributed by atoms with Gasteiger partial charge in [-0.2, -0.15) is 5.10 Å². The van der Waals surface area contributed by atoms with E-state index in [0.29, 0.717) is 18.2 Å². The third-order valence-corrected chi connectivity index (χ3v) is 6.21. The van der Waals surface area contributed by atoms with E-state index in [1.54, 1.807) is 0 Å². The maximum Gasteiger partial charge on any atom is 0.356 e. The fourth-order valence-electron chi connectivity index (χ4n) is 4.80. The summed E-state index contributed by atoms with van der Waals surface area (Å²) in [6.45, 7) is 6.72. The number of rotatable bonds is 6. The molecule has 0 saturated carbocycles. The lowest BCUT2D eigenvalue weighted by Gasteiger charge is -2.40. The molecule has 1 aliphatic carbocycles. The molecule has 0 amide bonds. The van der Waals surface area contributed by atoms with E-state index < -0.39 is 17.6 Å². The molecule has 1 aromatic heterocycles. The summed E-state index contributed by atoms with van der Waals surface area (Å²) in [5.74, 6) is -2.03. The van der Waals surface area contributed by atoms with Crippen molar-refractivity contribution >= 4 is 5.97 Å². The number of carboxylic acid groups (broad SMARTS) is 1. The highest BCUT2D eigenvalue weighted by Gasteiger charge is 2.32. The molecule has 0 bridgehead atoms. The lowest BCUT2D eigenvalue weighted by Crippen LogP contribution is -2.51. The van der Waals surface area contributed by atoms with Crippen LogP contribution in [0.3, 0.4) is 0 Å². The molecule has 0 unspecified atom stereocenters. The van der Waals surface area contributed by atoms with E-state index in [0.717, 1.165) is 75.7 Å². The molecule has 0 radical (unpaired) electrons. The van der Waals surface area contributed by atoms with Crippen LogP contribution >= 0.6 is 0 Å². The van der Waals surface area contributed by atoms with E-state index in [-0.39, 0.29) is 5.69 Å². The topological polar surface area (TPSA) is 61.6 Å². The Kier molecular flexibility index (Phi) is 6.15. The van der Waals surface area contributed by atoms with Crippen molar-refractivity contribution in [1.29, 1.82) is 0 Å². The summed E-state index contributed by atoms with van der Waals surface area (Å²) in [4.78, 5) is 16.3. The normalized spacial score (nSPS) is 20.3. The summed E-state index contributed by atoms with van der Waals surface area (Å²) in [7, 11) is 0. The van der Waals surface area contributed by atoms with Crippen molar-refractivity contribution in [2.75, 3.05) is 26.2 Å². The minimum Gasteiger partial charge on any atom is -0.476 e. The number of benzene rings is 1. The quantitative estimate of drug-likeness (QED) is 0.782. The van der Waals surface area contributed by atoms with Crippen LogP contribution in [0.5, 0.6) is 0 Å². The number of aryl methyl sites for hydroxylation is 1. The Hall–Kier alpha value is -2.32. The van der Waals surface area contributed by atoms with Gasteiger partial charge in [0, 0.05) is 62.6 Å². The number of hydrogen-bond acceptors (Lipinski definition) is 4. The van der Waals surface area contributed by atoms with Gasteiger partial charge in [0.1, 0.15) is 11.6 Å². The molecule has 30 heavy (non-hydrogen) atoms. The molecular weight excluding hydrogens is 390 g/mol. The zero-order valence-corrected chi connectivity index (χ0v) is 17.3. The number of fused-ring (bicyclic) bond motifs is 1. The smallest absolute Gasteiger partial charge is 0.356 e. The van der Waals surface area contributed by atoms with Gasteiger partial charge in [-0.1, -0.05) is 6.92 Å². The van der Waals surface area contributed by atoms with Crippen molar-refractivity contribution in [3.05, 3.63) is 52.3 Å². The molecule has 1 aromatic carbocycles. The molecule has 2 aliphatic rings. The zero-order valence-electron chi connectivity index (χ0n) is 17.3. The first-order valence-electron chi connectivity index (χ1n) is 10.7. The highest BCUT2D eigenvalue weighted by Crippen LogP contribution is 2.28. The molecule has 1 N–H and O–H groups in total. The standard InChI is InChI=1S/C22H28F2N4O2/c1-2-5-28-20-4-3-18(13-19(20)21(25-28)22(29)30)27-8-6-26(7-9-27)14-15-10-16(23)12-17(24)11-15/h10-12,18H,2-9,13-14H2,1H3,(H,29,30)/t18-/m0/s1. The van der Waals surface area contributed by atoms with Crippen molar-refractivity contribution in [2.24, 2.45) is 0 Å². The van der Waals surface area contributed by atoms with E-state index in [9.17, 15) is 18.7 Å². The van der Waals surface area contributed by atoms with Crippen LogP contribution in [0.15, 0.2) is 18.2 Å². The van der Waals surface area contributed by atoms with E-state index in [1.165, 1.54) is 12.1 Å². The SMILES string of the molecule is CCCn1nc(C(=O)O)c2c1CC[C@H](N1CCN(Cc3cc(F)cc(F)c3)CC1)C2. The summed E-state index contributed by atoms with van der Waals surface area (Å²) in [6, 6.07) is 3.98. The maximum absolute atomic E-state index is 13.4. The molecule has 2 heterocycles. The van der Waals surface area contributed by atoms with Gasteiger partial charge in [0.25, 0.3) is 0 Å². The van der Waals surface area contributed by atoms with Gasteiger partial charge >= 0.3 is 5.97 Å². The first kappa shape index (κ1) is 20.9. The minimum atomic E-state index is -0.950. The highest BCUT2D eigenvalue weighted by molar-refractivity contribution is 5.87. The largest absolute Gasteiger partial charge is 0.476 e. The van der Waals surface area contributed by atoms with E-state index in [4.69, 9.17) is 0 Å². The molecule has 6 nitrogen and oxygen atoms in total. The maximum atomic E-state index is 13.4. The van der Waals surface area contributed by atoms with Crippen LogP contribution in [0.2, 0.25) is 0 Å². The first-order valence-corrected chi connectivity index (χ1v) is 10.7. The Morgan fingerprint density at radius 1 is 1.17 bits per heavy atom. The summed E-state index contributed by atoms with van der Waals surface area (Å²) in [6.07, 6.45) is 3.49. The third kappa shape index (κ3) is 4.39. The lowest BCUT2D eigenvalue weighted by atomic mass is 9.90. The number of halogens is 2. The van der Waals surface area contributed by atoms with E-state index >= 15 is 0 Å². The van der Waals surface area contributed by atoms with Crippen molar-refractivity contribution in [1.82, 2.24) is 19.6 Å². The fraction of sp³-hybridized carbons (Fsp3) is 0.545.